The molecule has 2 fully saturated rings. The van der Waals surface area contributed by atoms with Crippen LogP contribution in [0, 0.1) is 5.92 Å². The maximum atomic E-state index is 13.2. The molecule has 0 spiro atoms. The summed E-state index contributed by atoms with van der Waals surface area (Å²) in [6.45, 7) is 4.31. The molecule has 2 aromatic rings. The summed E-state index contributed by atoms with van der Waals surface area (Å²) in [5.74, 6) is 1.83. The second-order valence-electron chi connectivity index (χ2n) is 9.46. The molecule has 0 radical (unpaired) electrons. The fourth-order valence-electron chi connectivity index (χ4n) is 5.60. The van der Waals surface area contributed by atoms with Gasteiger partial charge in [-0.1, -0.05) is 36.4 Å². The number of piperidine rings is 1. The lowest BCUT2D eigenvalue weighted by Gasteiger charge is -2.34. The number of nitrogens with one attached hydrogen (secondary N) is 1. The largest absolute Gasteiger partial charge is 0.394 e. The van der Waals surface area contributed by atoms with E-state index in [9.17, 15) is 9.90 Å². The molecule has 170 valence electrons. The molecule has 0 saturated carbocycles. The second-order valence-corrected chi connectivity index (χ2v) is 9.46. The highest BCUT2D eigenvalue weighted by molar-refractivity contribution is 5.79. The van der Waals surface area contributed by atoms with Gasteiger partial charge in [0, 0.05) is 37.8 Å². The summed E-state index contributed by atoms with van der Waals surface area (Å²) in [7, 11) is 0. The van der Waals surface area contributed by atoms with Crippen LogP contribution in [0.4, 0.5) is 5.82 Å². The van der Waals surface area contributed by atoms with Crippen molar-refractivity contribution in [1.29, 1.82) is 0 Å². The van der Waals surface area contributed by atoms with Gasteiger partial charge >= 0.3 is 0 Å². The van der Waals surface area contributed by atoms with Crippen molar-refractivity contribution >= 4 is 11.7 Å². The van der Waals surface area contributed by atoms with Crippen molar-refractivity contribution in [1.82, 2.24) is 14.8 Å². The first-order valence-corrected chi connectivity index (χ1v) is 12.2. The molecule has 6 heteroatoms. The van der Waals surface area contributed by atoms with Crippen molar-refractivity contribution in [2.75, 3.05) is 44.6 Å². The fraction of sp³-hybridized carbons (Fsp3) is 0.538. The quantitative estimate of drug-likeness (QED) is 0.756. The van der Waals surface area contributed by atoms with Crippen LogP contribution >= 0.6 is 0 Å². The van der Waals surface area contributed by atoms with Crippen molar-refractivity contribution in [2.24, 2.45) is 5.92 Å². The Kier molecular flexibility index (Phi) is 6.42. The van der Waals surface area contributed by atoms with Gasteiger partial charge in [0.15, 0.2) is 0 Å². The molecular weight excluding hydrogens is 400 g/mol. The lowest BCUT2D eigenvalue weighted by Crippen LogP contribution is -2.42. The van der Waals surface area contributed by atoms with Gasteiger partial charge in [0.1, 0.15) is 5.82 Å². The first-order valence-electron chi connectivity index (χ1n) is 12.2. The van der Waals surface area contributed by atoms with Gasteiger partial charge in [0.2, 0.25) is 5.91 Å². The van der Waals surface area contributed by atoms with Gasteiger partial charge in [-0.15, -0.1) is 0 Å². The molecule has 2 saturated heterocycles. The van der Waals surface area contributed by atoms with E-state index in [4.69, 9.17) is 4.98 Å². The number of hydrogen-bond donors (Lipinski definition) is 2. The van der Waals surface area contributed by atoms with Crippen LogP contribution in [-0.2, 0) is 11.2 Å². The van der Waals surface area contributed by atoms with Crippen LogP contribution in [0.5, 0.6) is 0 Å². The van der Waals surface area contributed by atoms with E-state index in [1.807, 2.05) is 18.2 Å². The van der Waals surface area contributed by atoms with E-state index >= 15 is 0 Å². The molecule has 0 unspecified atom stereocenters. The van der Waals surface area contributed by atoms with Crippen LogP contribution in [0.15, 0.2) is 42.5 Å². The van der Waals surface area contributed by atoms with Crippen molar-refractivity contribution in [3.63, 3.8) is 0 Å². The predicted octanol–water partition coefficient (Wildman–Crippen LogP) is 3.20. The van der Waals surface area contributed by atoms with Gasteiger partial charge in [-0.25, -0.2) is 4.98 Å². The summed E-state index contributed by atoms with van der Waals surface area (Å²) in [6, 6.07) is 14.5. The SMILES string of the molecule is O=C([C@@H]1CCN([C@H](CO)c2ccccc2)C1)N1CCC(c2ccc3c(n2)NCCC3)CC1. The summed E-state index contributed by atoms with van der Waals surface area (Å²) in [6.07, 6.45) is 5.13. The standard InChI is InChI=1S/C26H34N4O2/c31-18-24(20-5-2-1-3-6-20)30-16-12-22(17-30)26(32)29-14-10-19(11-15-29)23-9-8-21-7-4-13-27-25(21)28-23/h1-3,5-6,8-9,19,22,24,31H,4,7,10-18H2,(H,27,28)/t22-,24-/m1/s1. The predicted molar refractivity (Wildman–Crippen MR) is 126 cm³/mol. The van der Waals surface area contributed by atoms with Crippen LogP contribution in [0.25, 0.3) is 0 Å². The molecule has 0 aliphatic carbocycles. The minimum atomic E-state index is -0.0246. The van der Waals surface area contributed by atoms with Crippen molar-refractivity contribution < 1.29 is 9.90 Å². The van der Waals surface area contributed by atoms with Gasteiger partial charge in [-0.3, -0.25) is 9.69 Å². The number of amides is 1. The summed E-state index contributed by atoms with van der Waals surface area (Å²) >= 11 is 0. The number of aryl methyl sites for hydroxylation is 1. The molecule has 32 heavy (non-hydrogen) atoms. The molecule has 3 aliphatic heterocycles. The zero-order valence-corrected chi connectivity index (χ0v) is 18.7. The maximum Gasteiger partial charge on any atom is 0.227 e. The highest BCUT2D eigenvalue weighted by Crippen LogP contribution is 2.32. The van der Waals surface area contributed by atoms with Gasteiger partial charge in [-0.05, 0) is 55.8 Å². The Hall–Kier alpha value is -2.44. The number of aliphatic hydroxyl groups excluding tert-OH is 1. The summed E-state index contributed by atoms with van der Waals surface area (Å²) in [5.41, 5.74) is 3.62. The summed E-state index contributed by atoms with van der Waals surface area (Å²) in [4.78, 5) is 22.5. The average molecular weight is 435 g/mol. The van der Waals surface area contributed by atoms with Gasteiger partial charge in [-0.2, -0.15) is 0 Å². The van der Waals surface area contributed by atoms with Crippen molar-refractivity contribution in [3.05, 3.63) is 59.3 Å². The number of likely N-dealkylation sites (tertiary alicyclic amines) is 2. The van der Waals surface area contributed by atoms with E-state index in [0.717, 1.165) is 69.8 Å². The van der Waals surface area contributed by atoms with Gasteiger partial charge in [0.25, 0.3) is 0 Å². The normalized spacial score (nSPS) is 22.9. The Morgan fingerprint density at radius 3 is 2.69 bits per heavy atom. The number of aromatic nitrogens is 1. The molecule has 5 rings (SSSR count). The molecule has 2 N–H and O–H groups in total. The number of rotatable bonds is 5. The van der Waals surface area contributed by atoms with Gasteiger partial charge in [0.05, 0.1) is 18.6 Å². The number of pyridine rings is 1. The van der Waals surface area contributed by atoms with Crippen LogP contribution in [0.2, 0.25) is 0 Å². The zero-order chi connectivity index (χ0) is 21.9. The molecule has 1 aromatic heterocycles. The van der Waals surface area contributed by atoms with Crippen LogP contribution in [0.3, 0.4) is 0 Å². The van der Waals surface area contributed by atoms with Crippen molar-refractivity contribution in [2.45, 2.75) is 44.1 Å². The number of carbonyl (C=O) groups excluding carboxylic acids is 1. The van der Waals surface area contributed by atoms with E-state index in [0.29, 0.717) is 5.92 Å². The maximum absolute atomic E-state index is 13.2. The Labute approximate surface area is 190 Å². The van der Waals surface area contributed by atoms with Crippen LogP contribution < -0.4 is 5.32 Å². The molecule has 1 amide bonds. The lowest BCUT2D eigenvalue weighted by molar-refractivity contribution is -0.136. The Morgan fingerprint density at radius 1 is 1.09 bits per heavy atom. The Bertz CT molecular complexity index is 927. The molecular formula is C26H34N4O2. The number of fused-ring (bicyclic) bond motifs is 1. The highest BCUT2D eigenvalue weighted by atomic mass is 16.3. The van der Waals surface area contributed by atoms with E-state index in [1.54, 1.807) is 0 Å². The topological polar surface area (TPSA) is 68.7 Å². The Morgan fingerprint density at radius 2 is 1.91 bits per heavy atom. The van der Waals surface area contributed by atoms with E-state index in [-0.39, 0.29) is 24.5 Å². The van der Waals surface area contributed by atoms with E-state index in [1.165, 1.54) is 17.7 Å². The number of nitrogens with zero attached hydrogens (tertiary/aromatic N) is 3. The third-order valence-corrected chi connectivity index (χ3v) is 7.51. The first kappa shape index (κ1) is 21.4. The minimum Gasteiger partial charge on any atom is -0.394 e. The number of aliphatic hydroxyl groups is 1. The molecule has 2 atom stereocenters. The highest BCUT2D eigenvalue weighted by Gasteiger charge is 2.36. The minimum absolute atomic E-state index is 0.0246. The number of benzene rings is 1. The molecule has 3 aliphatic rings. The van der Waals surface area contributed by atoms with Crippen LogP contribution in [-0.4, -0.2) is 65.1 Å². The number of hydrogen-bond acceptors (Lipinski definition) is 5. The van der Waals surface area contributed by atoms with E-state index < -0.39 is 0 Å². The van der Waals surface area contributed by atoms with Crippen LogP contribution in [0.1, 0.15) is 54.5 Å². The second kappa shape index (κ2) is 9.59. The lowest BCUT2D eigenvalue weighted by atomic mass is 9.91. The Balaban J connectivity index is 1.16. The average Bonchev–Trinajstić information content (AvgIpc) is 3.34. The first-order chi connectivity index (χ1) is 15.7. The third-order valence-electron chi connectivity index (χ3n) is 7.51. The monoisotopic (exact) mass is 434 g/mol. The smallest absolute Gasteiger partial charge is 0.227 e. The summed E-state index contributed by atoms with van der Waals surface area (Å²) < 4.78 is 0. The molecule has 6 nitrogen and oxygen atoms in total. The summed E-state index contributed by atoms with van der Waals surface area (Å²) in [5, 5.41) is 13.4. The zero-order valence-electron chi connectivity index (χ0n) is 18.7. The molecule has 0 bridgehead atoms. The fourth-order valence-corrected chi connectivity index (χ4v) is 5.60. The van der Waals surface area contributed by atoms with Crippen molar-refractivity contribution in [3.8, 4) is 0 Å². The van der Waals surface area contributed by atoms with Gasteiger partial charge < -0.3 is 15.3 Å². The third kappa shape index (κ3) is 4.39. The number of carbonyl (C=O) groups is 1. The molecule has 1 aromatic carbocycles. The molecule has 4 heterocycles. The number of anilines is 1. The van der Waals surface area contributed by atoms with E-state index in [2.05, 4.69) is 39.4 Å².